The Morgan fingerprint density at radius 2 is 1.87 bits per heavy atom. The number of benzene rings is 2. The molecular formula is C18H12Cl2O2S. The van der Waals surface area contributed by atoms with Crippen LogP contribution in [-0.4, -0.2) is 11.1 Å². The van der Waals surface area contributed by atoms with Gasteiger partial charge in [0.15, 0.2) is 0 Å². The Morgan fingerprint density at radius 1 is 1.13 bits per heavy atom. The van der Waals surface area contributed by atoms with E-state index in [2.05, 4.69) is 0 Å². The van der Waals surface area contributed by atoms with E-state index in [-0.39, 0.29) is 0 Å². The second-order valence-electron chi connectivity index (χ2n) is 5.02. The van der Waals surface area contributed by atoms with Gasteiger partial charge in [0.25, 0.3) is 0 Å². The zero-order chi connectivity index (χ0) is 16.4. The molecule has 0 spiro atoms. The van der Waals surface area contributed by atoms with Crippen LogP contribution in [0.5, 0.6) is 0 Å². The van der Waals surface area contributed by atoms with E-state index in [0.717, 1.165) is 32.2 Å². The van der Waals surface area contributed by atoms with Crippen molar-refractivity contribution in [3.8, 4) is 0 Å². The fraction of sp³-hybridized carbons (Fsp3) is 0.0556. The van der Waals surface area contributed by atoms with Crippen molar-refractivity contribution < 1.29 is 9.90 Å². The van der Waals surface area contributed by atoms with Crippen molar-refractivity contribution in [1.29, 1.82) is 0 Å². The highest BCUT2D eigenvalue weighted by molar-refractivity contribution is 7.14. The third kappa shape index (κ3) is 3.58. The fourth-order valence-corrected chi connectivity index (χ4v) is 4.10. The van der Waals surface area contributed by atoms with Gasteiger partial charge in [-0.25, -0.2) is 4.79 Å². The van der Waals surface area contributed by atoms with Crippen LogP contribution in [0.1, 0.15) is 15.3 Å². The molecule has 0 fully saturated rings. The molecule has 3 aromatic rings. The zero-order valence-electron chi connectivity index (χ0n) is 11.9. The summed E-state index contributed by atoms with van der Waals surface area (Å²) in [4.78, 5) is 12.9. The lowest BCUT2D eigenvalue weighted by Crippen LogP contribution is -1.87. The molecule has 0 saturated heterocycles. The minimum absolute atomic E-state index is 0.611. The Balaban J connectivity index is 2.05. The molecule has 0 aliphatic heterocycles. The van der Waals surface area contributed by atoms with E-state index in [1.54, 1.807) is 23.5 Å². The first-order valence-electron chi connectivity index (χ1n) is 6.90. The maximum Gasteiger partial charge on any atom is 0.328 e. The summed E-state index contributed by atoms with van der Waals surface area (Å²) >= 11 is 13.8. The average molecular weight is 363 g/mol. The number of carboxylic acid groups (broad SMARTS) is 1. The Hall–Kier alpha value is -1.81. The second-order valence-corrected chi connectivity index (χ2v) is 7.00. The van der Waals surface area contributed by atoms with Gasteiger partial charge in [0, 0.05) is 32.3 Å². The van der Waals surface area contributed by atoms with E-state index in [0.29, 0.717) is 16.5 Å². The number of aliphatic carboxylic acids is 1. The number of carbonyl (C=O) groups is 1. The average Bonchev–Trinajstić information content (AvgIpc) is 2.86. The molecule has 2 nitrogen and oxygen atoms in total. The molecule has 23 heavy (non-hydrogen) atoms. The summed E-state index contributed by atoms with van der Waals surface area (Å²) in [5.41, 5.74) is 0.997. The first-order valence-corrected chi connectivity index (χ1v) is 8.47. The highest BCUT2D eigenvalue weighted by Gasteiger charge is 2.11. The molecule has 2 aromatic carbocycles. The summed E-state index contributed by atoms with van der Waals surface area (Å²) in [5.74, 6) is -0.954. The second kappa shape index (κ2) is 6.75. The zero-order valence-corrected chi connectivity index (χ0v) is 14.3. The molecule has 5 heteroatoms. The Morgan fingerprint density at radius 3 is 2.57 bits per heavy atom. The van der Waals surface area contributed by atoms with E-state index in [4.69, 9.17) is 28.3 Å². The van der Waals surface area contributed by atoms with Gasteiger partial charge in [-0.05, 0) is 34.5 Å². The molecule has 0 saturated carbocycles. The van der Waals surface area contributed by atoms with Crippen molar-refractivity contribution in [3.05, 3.63) is 73.9 Å². The van der Waals surface area contributed by atoms with Crippen molar-refractivity contribution in [1.82, 2.24) is 0 Å². The maximum atomic E-state index is 10.8. The monoisotopic (exact) mass is 362 g/mol. The van der Waals surface area contributed by atoms with Gasteiger partial charge in [-0.2, -0.15) is 0 Å². The van der Waals surface area contributed by atoms with E-state index < -0.39 is 5.97 Å². The number of carboxylic acids is 1. The lowest BCUT2D eigenvalue weighted by molar-refractivity contribution is -0.131. The molecule has 0 aliphatic rings. The number of rotatable bonds is 4. The molecule has 0 aliphatic carbocycles. The standard InChI is InChI=1S/C18H12Cl2O2S/c19-12-6-5-11(15(20)10-12)9-17-14-4-2-1-3-13(14)16(23-17)7-8-18(21)22/h1-8,10H,9H2,(H,21,22)/b8-7+. The fourth-order valence-electron chi connectivity index (χ4n) is 2.42. The van der Waals surface area contributed by atoms with Crippen molar-refractivity contribution in [3.63, 3.8) is 0 Å². The number of hydrogen-bond acceptors (Lipinski definition) is 2. The minimum atomic E-state index is -0.954. The van der Waals surface area contributed by atoms with E-state index in [1.807, 2.05) is 36.4 Å². The summed E-state index contributed by atoms with van der Waals surface area (Å²) in [6, 6.07) is 13.5. The lowest BCUT2D eigenvalue weighted by Gasteiger charge is -2.03. The topological polar surface area (TPSA) is 37.3 Å². The Bertz CT molecular complexity index is 913. The summed E-state index contributed by atoms with van der Waals surface area (Å²) in [7, 11) is 0. The third-order valence-electron chi connectivity index (χ3n) is 3.47. The largest absolute Gasteiger partial charge is 0.478 e. The van der Waals surface area contributed by atoms with Crippen LogP contribution in [0.4, 0.5) is 0 Å². The van der Waals surface area contributed by atoms with Gasteiger partial charge in [0.2, 0.25) is 0 Å². The lowest BCUT2D eigenvalue weighted by atomic mass is 10.1. The van der Waals surface area contributed by atoms with Crippen LogP contribution in [0.2, 0.25) is 10.0 Å². The van der Waals surface area contributed by atoms with Gasteiger partial charge in [0.05, 0.1) is 0 Å². The molecule has 0 radical (unpaired) electrons. The van der Waals surface area contributed by atoms with Gasteiger partial charge in [-0.3, -0.25) is 0 Å². The van der Waals surface area contributed by atoms with Crippen LogP contribution < -0.4 is 0 Å². The van der Waals surface area contributed by atoms with Crippen molar-refractivity contribution >= 4 is 57.4 Å². The van der Waals surface area contributed by atoms with Crippen molar-refractivity contribution in [2.45, 2.75) is 6.42 Å². The molecule has 3 rings (SSSR count). The number of hydrogen-bond donors (Lipinski definition) is 1. The number of halogens is 2. The van der Waals surface area contributed by atoms with Gasteiger partial charge >= 0.3 is 5.97 Å². The SMILES string of the molecule is O=C(O)/C=C/c1sc(Cc2ccc(Cl)cc2Cl)c2ccccc12. The first-order chi connectivity index (χ1) is 11.0. The summed E-state index contributed by atoms with van der Waals surface area (Å²) in [6.07, 6.45) is 3.49. The van der Waals surface area contributed by atoms with Crippen LogP contribution in [0.25, 0.3) is 16.8 Å². The Kier molecular flexibility index (Phi) is 4.71. The molecule has 0 atom stereocenters. The normalized spacial score (nSPS) is 11.4. The molecular weight excluding hydrogens is 351 g/mol. The van der Waals surface area contributed by atoms with Gasteiger partial charge in [0.1, 0.15) is 0 Å². The molecule has 1 N–H and O–H groups in total. The Labute approximate surface area is 147 Å². The van der Waals surface area contributed by atoms with E-state index in [9.17, 15) is 4.79 Å². The molecule has 1 heterocycles. The molecule has 0 unspecified atom stereocenters. The molecule has 0 bridgehead atoms. The van der Waals surface area contributed by atoms with Gasteiger partial charge < -0.3 is 5.11 Å². The van der Waals surface area contributed by atoms with Crippen LogP contribution >= 0.6 is 34.5 Å². The highest BCUT2D eigenvalue weighted by Crippen LogP contribution is 2.35. The van der Waals surface area contributed by atoms with Crippen LogP contribution in [0.3, 0.4) is 0 Å². The third-order valence-corrected chi connectivity index (χ3v) is 5.24. The molecule has 116 valence electrons. The van der Waals surface area contributed by atoms with Gasteiger partial charge in [-0.15, -0.1) is 11.3 Å². The van der Waals surface area contributed by atoms with E-state index >= 15 is 0 Å². The van der Waals surface area contributed by atoms with Gasteiger partial charge in [-0.1, -0.05) is 53.5 Å². The smallest absolute Gasteiger partial charge is 0.328 e. The van der Waals surface area contributed by atoms with E-state index in [1.165, 1.54) is 0 Å². The quantitative estimate of drug-likeness (QED) is 0.586. The number of fused-ring (bicyclic) bond motifs is 1. The number of thiophene rings is 1. The molecule has 0 amide bonds. The van der Waals surface area contributed by atoms with Crippen molar-refractivity contribution in [2.24, 2.45) is 0 Å². The van der Waals surface area contributed by atoms with Crippen LogP contribution in [-0.2, 0) is 11.2 Å². The predicted molar refractivity (Wildman–Crippen MR) is 97.8 cm³/mol. The molecule has 1 aromatic heterocycles. The van der Waals surface area contributed by atoms with Crippen LogP contribution in [0, 0.1) is 0 Å². The predicted octanol–water partition coefficient (Wildman–Crippen LogP) is 5.90. The maximum absolute atomic E-state index is 10.8. The van der Waals surface area contributed by atoms with Crippen LogP contribution in [0.15, 0.2) is 48.5 Å². The summed E-state index contributed by atoms with van der Waals surface area (Å²) < 4.78 is 0. The van der Waals surface area contributed by atoms with Crippen molar-refractivity contribution in [2.75, 3.05) is 0 Å². The minimum Gasteiger partial charge on any atom is -0.478 e. The summed E-state index contributed by atoms with van der Waals surface area (Å²) in [5, 5.41) is 12.3. The highest BCUT2D eigenvalue weighted by atomic mass is 35.5. The summed E-state index contributed by atoms with van der Waals surface area (Å²) in [6.45, 7) is 0. The first kappa shape index (κ1) is 16.1.